The van der Waals surface area contributed by atoms with Crippen LogP contribution in [-0.2, 0) is 0 Å². The SMILES string of the molecule is Brc1ncc(-c2cccs2)cn1. The molecule has 0 bridgehead atoms. The Morgan fingerprint density at radius 2 is 2.00 bits per heavy atom. The van der Waals surface area contributed by atoms with Gasteiger partial charge >= 0.3 is 0 Å². The average Bonchev–Trinajstić information content (AvgIpc) is 2.58. The first-order valence-electron chi connectivity index (χ1n) is 3.38. The topological polar surface area (TPSA) is 25.8 Å². The molecule has 0 spiro atoms. The van der Waals surface area contributed by atoms with Gasteiger partial charge in [-0.15, -0.1) is 11.3 Å². The lowest BCUT2D eigenvalue weighted by atomic mass is 10.3. The first-order chi connectivity index (χ1) is 5.86. The summed E-state index contributed by atoms with van der Waals surface area (Å²) in [5.74, 6) is 0. The fourth-order valence-corrected chi connectivity index (χ4v) is 1.79. The van der Waals surface area contributed by atoms with E-state index in [1.165, 1.54) is 4.88 Å². The smallest absolute Gasteiger partial charge is 0.196 e. The van der Waals surface area contributed by atoms with Crippen molar-refractivity contribution >= 4 is 27.3 Å². The Labute approximate surface area is 82.4 Å². The Kier molecular flexibility index (Phi) is 2.19. The number of aromatic nitrogens is 2. The number of halogens is 1. The van der Waals surface area contributed by atoms with E-state index in [-0.39, 0.29) is 0 Å². The van der Waals surface area contributed by atoms with Crippen LogP contribution in [0.1, 0.15) is 0 Å². The van der Waals surface area contributed by atoms with Gasteiger partial charge < -0.3 is 0 Å². The van der Waals surface area contributed by atoms with Crippen LogP contribution in [0.4, 0.5) is 0 Å². The van der Waals surface area contributed by atoms with E-state index in [0.717, 1.165) is 5.56 Å². The molecule has 0 N–H and O–H groups in total. The highest BCUT2D eigenvalue weighted by atomic mass is 79.9. The molecule has 0 unspecified atom stereocenters. The molecule has 2 rings (SSSR count). The fourth-order valence-electron chi connectivity index (χ4n) is 0.882. The van der Waals surface area contributed by atoms with Gasteiger partial charge in [0.15, 0.2) is 4.73 Å². The van der Waals surface area contributed by atoms with Gasteiger partial charge in [-0.3, -0.25) is 0 Å². The zero-order chi connectivity index (χ0) is 8.39. The second kappa shape index (κ2) is 3.33. The Morgan fingerprint density at radius 1 is 1.25 bits per heavy atom. The van der Waals surface area contributed by atoms with Crippen LogP contribution in [0.15, 0.2) is 34.6 Å². The maximum atomic E-state index is 4.05. The standard InChI is InChI=1S/C8H5BrN2S/c9-8-10-4-6(5-11-8)7-2-1-3-12-7/h1-5H. The monoisotopic (exact) mass is 240 g/mol. The summed E-state index contributed by atoms with van der Waals surface area (Å²) in [5, 5.41) is 2.04. The molecule has 0 aliphatic rings. The van der Waals surface area contributed by atoms with E-state index in [9.17, 15) is 0 Å². The molecule has 0 radical (unpaired) electrons. The van der Waals surface area contributed by atoms with E-state index in [1.54, 1.807) is 11.3 Å². The normalized spacial score (nSPS) is 10.1. The maximum absolute atomic E-state index is 4.05. The largest absolute Gasteiger partial charge is 0.230 e. The highest BCUT2D eigenvalue weighted by molar-refractivity contribution is 9.10. The number of rotatable bonds is 1. The van der Waals surface area contributed by atoms with E-state index < -0.39 is 0 Å². The second-order valence-corrected chi connectivity index (χ2v) is 3.88. The van der Waals surface area contributed by atoms with Crippen LogP contribution in [-0.4, -0.2) is 9.97 Å². The zero-order valence-electron chi connectivity index (χ0n) is 6.07. The molecule has 0 amide bonds. The van der Waals surface area contributed by atoms with Crippen LogP contribution < -0.4 is 0 Å². The highest BCUT2D eigenvalue weighted by Crippen LogP contribution is 2.23. The lowest BCUT2D eigenvalue weighted by molar-refractivity contribution is 1.12. The highest BCUT2D eigenvalue weighted by Gasteiger charge is 1.98. The Bertz CT molecular complexity index is 355. The van der Waals surface area contributed by atoms with Gasteiger partial charge in [0.2, 0.25) is 0 Å². The first-order valence-corrected chi connectivity index (χ1v) is 5.05. The van der Waals surface area contributed by atoms with Gasteiger partial charge in [0.05, 0.1) is 0 Å². The van der Waals surface area contributed by atoms with Crippen LogP contribution in [0.2, 0.25) is 0 Å². The number of nitrogens with zero attached hydrogens (tertiary/aromatic N) is 2. The molecule has 2 aromatic heterocycles. The molecule has 0 atom stereocenters. The summed E-state index contributed by atoms with van der Waals surface area (Å²) < 4.78 is 0.628. The average molecular weight is 241 g/mol. The molecule has 4 heteroatoms. The molecule has 60 valence electrons. The molecule has 0 saturated carbocycles. The zero-order valence-corrected chi connectivity index (χ0v) is 8.47. The van der Waals surface area contributed by atoms with Crippen LogP contribution in [0.25, 0.3) is 10.4 Å². The number of hydrogen-bond donors (Lipinski definition) is 0. The van der Waals surface area contributed by atoms with Gasteiger partial charge in [0.1, 0.15) is 0 Å². The molecule has 0 aliphatic carbocycles. The predicted octanol–water partition coefficient (Wildman–Crippen LogP) is 2.97. The molecule has 2 heterocycles. The van der Waals surface area contributed by atoms with Gasteiger partial charge in [-0.1, -0.05) is 6.07 Å². The Morgan fingerprint density at radius 3 is 2.58 bits per heavy atom. The van der Waals surface area contributed by atoms with Crippen LogP contribution >= 0.6 is 27.3 Å². The van der Waals surface area contributed by atoms with Crippen molar-refractivity contribution in [3.63, 3.8) is 0 Å². The third-order valence-electron chi connectivity index (χ3n) is 1.43. The minimum absolute atomic E-state index is 0.628. The molecule has 2 nitrogen and oxygen atoms in total. The van der Waals surface area contributed by atoms with Crippen molar-refractivity contribution in [2.24, 2.45) is 0 Å². The molecule has 0 fully saturated rings. The van der Waals surface area contributed by atoms with Crippen molar-refractivity contribution in [2.45, 2.75) is 0 Å². The van der Waals surface area contributed by atoms with Crippen molar-refractivity contribution in [3.8, 4) is 10.4 Å². The van der Waals surface area contributed by atoms with Gasteiger partial charge in [-0.05, 0) is 27.4 Å². The van der Waals surface area contributed by atoms with Crippen LogP contribution in [0, 0.1) is 0 Å². The van der Waals surface area contributed by atoms with E-state index in [2.05, 4.69) is 32.0 Å². The first kappa shape index (κ1) is 7.89. The third kappa shape index (κ3) is 1.54. The summed E-state index contributed by atoms with van der Waals surface area (Å²) in [7, 11) is 0. The lowest BCUT2D eigenvalue weighted by Crippen LogP contribution is -1.81. The van der Waals surface area contributed by atoms with Gasteiger partial charge in [0, 0.05) is 22.8 Å². The van der Waals surface area contributed by atoms with Crippen LogP contribution in [0.3, 0.4) is 0 Å². The van der Waals surface area contributed by atoms with Gasteiger partial charge in [0.25, 0.3) is 0 Å². The summed E-state index contributed by atoms with van der Waals surface area (Å²) in [5.41, 5.74) is 1.06. The molecule has 12 heavy (non-hydrogen) atoms. The predicted molar refractivity (Wildman–Crippen MR) is 53.0 cm³/mol. The minimum Gasteiger partial charge on any atom is -0.230 e. The second-order valence-electron chi connectivity index (χ2n) is 2.22. The molecule has 0 aliphatic heterocycles. The van der Waals surface area contributed by atoms with Crippen molar-refractivity contribution in [1.82, 2.24) is 9.97 Å². The van der Waals surface area contributed by atoms with Gasteiger partial charge in [-0.2, -0.15) is 0 Å². The molecular weight excluding hydrogens is 236 g/mol. The Hall–Kier alpha value is -0.740. The van der Waals surface area contributed by atoms with E-state index in [0.29, 0.717) is 4.73 Å². The molecule has 0 aromatic carbocycles. The molecule has 0 saturated heterocycles. The number of hydrogen-bond acceptors (Lipinski definition) is 3. The summed E-state index contributed by atoms with van der Waals surface area (Å²) >= 11 is 4.88. The van der Waals surface area contributed by atoms with Crippen molar-refractivity contribution in [2.75, 3.05) is 0 Å². The summed E-state index contributed by atoms with van der Waals surface area (Å²) in [4.78, 5) is 9.29. The van der Waals surface area contributed by atoms with Crippen molar-refractivity contribution in [1.29, 1.82) is 0 Å². The summed E-state index contributed by atoms with van der Waals surface area (Å²) in [6.45, 7) is 0. The van der Waals surface area contributed by atoms with E-state index in [4.69, 9.17) is 0 Å². The van der Waals surface area contributed by atoms with Gasteiger partial charge in [-0.25, -0.2) is 9.97 Å². The summed E-state index contributed by atoms with van der Waals surface area (Å²) in [6.07, 6.45) is 3.62. The lowest BCUT2D eigenvalue weighted by Gasteiger charge is -1.94. The van der Waals surface area contributed by atoms with E-state index >= 15 is 0 Å². The number of thiophene rings is 1. The Balaban J connectivity index is 2.43. The van der Waals surface area contributed by atoms with Crippen molar-refractivity contribution in [3.05, 3.63) is 34.6 Å². The molecular formula is C8H5BrN2S. The van der Waals surface area contributed by atoms with Crippen LogP contribution in [0.5, 0.6) is 0 Å². The minimum atomic E-state index is 0.628. The fraction of sp³-hybridized carbons (Fsp3) is 0. The maximum Gasteiger partial charge on any atom is 0.196 e. The molecule has 2 aromatic rings. The van der Waals surface area contributed by atoms with E-state index in [1.807, 2.05) is 23.8 Å². The van der Waals surface area contributed by atoms with Crippen molar-refractivity contribution < 1.29 is 0 Å². The quantitative estimate of drug-likeness (QED) is 0.717. The summed E-state index contributed by atoms with van der Waals surface area (Å²) in [6, 6.07) is 4.07. The third-order valence-corrected chi connectivity index (χ3v) is 2.75.